The third kappa shape index (κ3) is 3.87. The molecule has 1 aliphatic heterocycles. The van der Waals surface area contributed by atoms with Crippen LogP contribution in [0.5, 0.6) is 5.75 Å². The average molecular weight is 392 g/mol. The first kappa shape index (κ1) is 19.5. The van der Waals surface area contributed by atoms with Crippen molar-refractivity contribution in [3.8, 4) is 5.75 Å². The van der Waals surface area contributed by atoms with Crippen LogP contribution in [0.1, 0.15) is 40.6 Å². The summed E-state index contributed by atoms with van der Waals surface area (Å²) in [6, 6.07) is 14.5. The van der Waals surface area contributed by atoms with E-state index in [0.29, 0.717) is 35.2 Å². The Morgan fingerprint density at radius 2 is 2.03 bits per heavy atom. The van der Waals surface area contributed by atoms with Crippen LogP contribution in [0.4, 0.5) is 0 Å². The lowest BCUT2D eigenvalue weighted by atomic mass is 9.98. The summed E-state index contributed by atoms with van der Waals surface area (Å²) in [5.41, 5.74) is 4.13. The van der Waals surface area contributed by atoms with E-state index in [4.69, 9.17) is 9.15 Å². The van der Waals surface area contributed by atoms with Gasteiger partial charge in [0.05, 0.1) is 12.7 Å². The molecule has 3 aromatic rings. The van der Waals surface area contributed by atoms with E-state index in [9.17, 15) is 4.79 Å². The van der Waals surface area contributed by atoms with Crippen molar-refractivity contribution in [3.05, 3.63) is 64.9 Å². The number of furan rings is 1. The van der Waals surface area contributed by atoms with Gasteiger partial charge in [0.25, 0.3) is 5.91 Å². The maximum Gasteiger partial charge on any atom is 0.255 e. The lowest BCUT2D eigenvalue weighted by Gasteiger charge is -2.35. The van der Waals surface area contributed by atoms with E-state index in [0.717, 1.165) is 31.3 Å². The lowest BCUT2D eigenvalue weighted by Crippen LogP contribution is -2.45. The first-order valence-electron chi connectivity index (χ1n) is 10.3. The predicted octanol–water partition coefficient (Wildman–Crippen LogP) is 4.32. The minimum Gasteiger partial charge on any atom is -0.497 e. The van der Waals surface area contributed by atoms with Gasteiger partial charge in [0, 0.05) is 31.1 Å². The molecule has 1 aliphatic rings. The standard InChI is InChI=1S/C24H28N2O3/c1-4-19(26-12-11-17-7-5-6-8-18(17)15-26)14-25-24(27)23-16(2)29-22-10-9-20(28-3)13-21(22)23/h5-10,13,19H,4,11-12,14-15H2,1-3H3,(H,25,27). The largest absolute Gasteiger partial charge is 0.497 e. The highest BCUT2D eigenvalue weighted by molar-refractivity contribution is 6.07. The minimum absolute atomic E-state index is 0.0923. The zero-order valence-corrected chi connectivity index (χ0v) is 17.3. The van der Waals surface area contributed by atoms with Crippen molar-refractivity contribution in [2.24, 2.45) is 0 Å². The molecule has 0 bridgehead atoms. The van der Waals surface area contributed by atoms with Gasteiger partial charge in [-0.2, -0.15) is 0 Å². The predicted molar refractivity (Wildman–Crippen MR) is 114 cm³/mol. The molecule has 1 atom stereocenters. The second-order valence-electron chi connectivity index (χ2n) is 7.66. The van der Waals surface area contributed by atoms with Crippen LogP contribution in [0.25, 0.3) is 11.0 Å². The fourth-order valence-electron chi connectivity index (χ4n) is 4.27. The Hall–Kier alpha value is -2.79. The van der Waals surface area contributed by atoms with Gasteiger partial charge in [-0.15, -0.1) is 0 Å². The van der Waals surface area contributed by atoms with Crippen LogP contribution in [0.2, 0.25) is 0 Å². The normalized spacial score (nSPS) is 15.1. The number of methoxy groups -OCH3 is 1. The molecule has 0 spiro atoms. The van der Waals surface area contributed by atoms with Gasteiger partial charge in [0.2, 0.25) is 0 Å². The zero-order chi connectivity index (χ0) is 20.4. The van der Waals surface area contributed by atoms with E-state index >= 15 is 0 Å². The Morgan fingerprint density at radius 1 is 1.24 bits per heavy atom. The number of carbonyl (C=O) groups excluding carboxylic acids is 1. The Labute approximate surface area is 171 Å². The SMILES string of the molecule is CCC(CNC(=O)c1c(C)oc2ccc(OC)cc12)N1CCc2ccccc2C1. The third-order valence-corrected chi connectivity index (χ3v) is 5.94. The number of fused-ring (bicyclic) bond motifs is 2. The number of hydrogen-bond donors (Lipinski definition) is 1. The highest BCUT2D eigenvalue weighted by Crippen LogP contribution is 2.29. The first-order valence-corrected chi connectivity index (χ1v) is 10.3. The van der Waals surface area contributed by atoms with Crippen molar-refractivity contribution in [2.45, 2.75) is 39.3 Å². The number of carbonyl (C=O) groups is 1. The fraction of sp³-hybridized carbons (Fsp3) is 0.375. The maximum atomic E-state index is 13.0. The quantitative estimate of drug-likeness (QED) is 0.679. The van der Waals surface area contributed by atoms with E-state index in [1.807, 2.05) is 25.1 Å². The van der Waals surface area contributed by atoms with Crippen molar-refractivity contribution in [1.29, 1.82) is 0 Å². The Kier molecular flexibility index (Phi) is 5.58. The van der Waals surface area contributed by atoms with Crippen LogP contribution in [0.3, 0.4) is 0 Å². The molecular formula is C24H28N2O3. The van der Waals surface area contributed by atoms with Crippen molar-refractivity contribution in [3.63, 3.8) is 0 Å². The van der Waals surface area contributed by atoms with Gasteiger partial charge in [-0.3, -0.25) is 9.69 Å². The van der Waals surface area contributed by atoms with Crippen molar-refractivity contribution >= 4 is 16.9 Å². The number of nitrogens with zero attached hydrogens (tertiary/aromatic N) is 1. The molecule has 29 heavy (non-hydrogen) atoms. The summed E-state index contributed by atoms with van der Waals surface area (Å²) in [6.45, 7) is 6.60. The average Bonchev–Trinajstić information content (AvgIpc) is 3.08. The van der Waals surface area contributed by atoms with E-state index in [1.54, 1.807) is 7.11 Å². The Morgan fingerprint density at radius 3 is 2.79 bits per heavy atom. The Bertz CT molecular complexity index is 1020. The molecule has 0 fully saturated rings. The molecule has 0 saturated heterocycles. The lowest BCUT2D eigenvalue weighted by molar-refractivity contribution is 0.0926. The van der Waals surface area contributed by atoms with Crippen LogP contribution in [-0.4, -0.2) is 37.0 Å². The van der Waals surface area contributed by atoms with Crippen LogP contribution < -0.4 is 10.1 Å². The van der Waals surface area contributed by atoms with Gasteiger partial charge in [0.1, 0.15) is 17.1 Å². The second kappa shape index (κ2) is 8.29. The molecule has 5 heteroatoms. The zero-order valence-electron chi connectivity index (χ0n) is 17.3. The molecule has 2 aromatic carbocycles. The van der Waals surface area contributed by atoms with Gasteiger partial charge in [-0.05, 0) is 49.1 Å². The molecule has 4 rings (SSSR count). The summed E-state index contributed by atoms with van der Waals surface area (Å²) in [4.78, 5) is 15.5. The molecule has 0 radical (unpaired) electrons. The number of nitrogens with one attached hydrogen (secondary N) is 1. The monoisotopic (exact) mass is 392 g/mol. The van der Waals surface area contributed by atoms with Crippen LogP contribution in [-0.2, 0) is 13.0 Å². The third-order valence-electron chi connectivity index (χ3n) is 5.94. The van der Waals surface area contributed by atoms with E-state index in [1.165, 1.54) is 11.1 Å². The number of rotatable bonds is 6. The summed E-state index contributed by atoms with van der Waals surface area (Å²) in [5, 5.41) is 3.94. The molecule has 0 aliphatic carbocycles. The number of hydrogen-bond acceptors (Lipinski definition) is 4. The van der Waals surface area contributed by atoms with Crippen LogP contribution in [0, 0.1) is 6.92 Å². The molecule has 152 valence electrons. The number of ether oxygens (including phenoxy) is 1. The van der Waals surface area contributed by atoms with Crippen molar-refractivity contribution < 1.29 is 13.9 Å². The summed E-state index contributed by atoms with van der Waals surface area (Å²) >= 11 is 0. The molecule has 0 saturated carbocycles. The summed E-state index contributed by atoms with van der Waals surface area (Å²) in [6.07, 6.45) is 2.05. The first-order chi connectivity index (χ1) is 14.1. The molecule has 2 heterocycles. The molecule has 1 amide bonds. The second-order valence-corrected chi connectivity index (χ2v) is 7.66. The summed E-state index contributed by atoms with van der Waals surface area (Å²) < 4.78 is 11.1. The Balaban J connectivity index is 1.47. The van der Waals surface area contributed by atoms with Crippen molar-refractivity contribution in [2.75, 3.05) is 20.2 Å². The fourth-order valence-corrected chi connectivity index (χ4v) is 4.27. The minimum atomic E-state index is -0.0923. The number of amides is 1. The van der Waals surface area contributed by atoms with Gasteiger partial charge >= 0.3 is 0 Å². The van der Waals surface area contributed by atoms with Crippen molar-refractivity contribution in [1.82, 2.24) is 10.2 Å². The van der Waals surface area contributed by atoms with Gasteiger partial charge in [-0.25, -0.2) is 0 Å². The number of benzene rings is 2. The van der Waals surface area contributed by atoms with E-state index < -0.39 is 0 Å². The van der Waals surface area contributed by atoms with E-state index in [2.05, 4.69) is 41.4 Å². The summed E-state index contributed by atoms with van der Waals surface area (Å²) in [7, 11) is 1.62. The van der Waals surface area contributed by atoms with Gasteiger partial charge < -0.3 is 14.5 Å². The van der Waals surface area contributed by atoms with Crippen LogP contribution >= 0.6 is 0 Å². The van der Waals surface area contributed by atoms with Crippen LogP contribution in [0.15, 0.2) is 46.9 Å². The molecule has 1 aromatic heterocycles. The molecular weight excluding hydrogens is 364 g/mol. The highest BCUT2D eigenvalue weighted by atomic mass is 16.5. The number of aryl methyl sites for hydroxylation is 1. The smallest absolute Gasteiger partial charge is 0.255 e. The van der Waals surface area contributed by atoms with E-state index in [-0.39, 0.29) is 5.91 Å². The maximum absolute atomic E-state index is 13.0. The van der Waals surface area contributed by atoms with Gasteiger partial charge in [0.15, 0.2) is 0 Å². The molecule has 1 N–H and O–H groups in total. The van der Waals surface area contributed by atoms with Gasteiger partial charge in [-0.1, -0.05) is 31.2 Å². The topological polar surface area (TPSA) is 54.7 Å². The summed E-state index contributed by atoms with van der Waals surface area (Å²) in [5.74, 6) is 1.25. The highest BCUT2D eigenvalue weighted by Gasteiger charge is 2.24. The molecule has 5 nitrogen and oxygen atoms in total. The molecule has 1 unspecified atom stereocenters.